The number of benzene rings is 2. The van der Waals surface area contributed by atoms with Crippen LogP contribution >= 0.6 is 12.4 Å². The van der Waals surface area contributed by atoms with E-state index in [9.17, 15) is 13.2 Å². The first kappa shape index (κ1) is 23.1. The number of carbonyl (C=O) groups excluding carboxylic acids is 1. The number of hydrogen-bond acceptors (Lipinski definition) is 4. The fourth-order valence-electron chi connectivity index (χ4n) is 2.56. The number of amides is 1. The third-order valence-electron chi connectivity index (χ3n) is 4.06. The number of carbonyl (C=O) groups is 1. The summed E-state index contributed by atoms with van der Waals surface area (Å²) in [7, 11) is -0.663. The highest BCUT2D eigenvalue weighted by Crippen LogP contribution is 2.16. The van der Waals surface area contributed by atoms with E-state index >= 15 is 0 Å². The first-order valence-corrected chi connectivity index (χ1v) is 9.86. The van der Waals surface area contributed by atoms with E-state index in [0.717, 1.165) is 9.87 Å². The van der Waals surface area contributed by atoms with Crippen LogP contribution in [0.25, 0.3) is 0 Å². The van der Waals surface area contributed by atoms with Gasteiger partial charge in [0.25, 0.3) is 5.91 Å². The molecule has 0 spiro atoms. The molecule has 0 heterocycles. The molecule has 2 N–H and O–H groups in total. The number of sulfonamides is 1. The Morgan fingerprint density at radius 2 is 1.67 bits per heavy atom. The van der Waals surface area contributed by atoms with Gasteiger partial charge in [0.05, 0.1) is 4.90 Å². The molecular weight excluding hydrogens is 386 g/mol. The van der Waals surface area contributed by atoms with Crippen LogP contribution in [-0.2, 0) is 16.4 Å². The molecule has 0 unspecified atom stereocenters. The smallest absolute Gasteiger partial charge is 0.253 e. The van der Waals surface area contributed by atoms with E-state index in [1.54, 1.807) is 17.0 Å². The number of nitrogens with zero attached hydrogens (tertiary/aromatic N) is 2. The molecule has 0 aliphatic carbocycles. The van der Waals surface area contributed by atoms with Gasteiger partial charge in [-0.15, -0.1) is 12.4 Å². The standard InChI is InChI=1S/C19H25N3O3S.ClH/c1-21(2)26(24,25)18-10-6-9-17(15-18)19(23)22(14-12-20)13-11-16-7-4-3-5-8-16;/h3-10,15H,11-14,20H2,1-2H3;1H. The van der Waals surface area contributed by atoms with Gasteiger partial charge in [0.15, 0.2) is 0 Å². The third kappa shape index (κ3) is 6.04. The Labute approximate surface area is 167 Å². The van der Waals surface area contributed by atoms with E-state index in [1.807, 2.05) is 30.3 Å². The molecule has 0 fully saturated rings. The lowest BCUT2D eigenvalue weighted by Gasteiger charge is -2.22. The monoisotopic (exact) mass is 411 g/mol. The van der Waals surface area contributed by atoms with Crippen molar-refractivity contribution in [3.8, 4) is 0 Å². The quantitative estimate of drug-likeness (QED) is 0.720. The van der Waals surface area contributed by atoms with Gasteiger partial charge in [-0.25, -0.2) is 12.7 Å². The molecule has 8 heteroatoms. The van der Waals surface area contributed by atoms with E-state index in [2.05, 4.69) is 0 Å². The van der Waals surface area contributed by atoms with Crippen LogP contribution in [-0.4, -0.2) is 57.3 Å². The van der Waals surface area contributed by atoms with Crippen LogP contribution < -0.4 is 5.73 Å². The maximum atomic E-state index is 12.9. The summed E-state index contributed by atoms with van der Waals surface area (Å²) in [5.41, 5.74) is 7.13. The predicted molar refractivity (Wildman–Crippen MR) is 110 cm³/mol. The number of halogens is 1. The van der Waals surface area contributed by atoms with Crippen molar-refractivity contribution in [3.63, 3.8) is 0 Å². The van der Waals surface area contributed by atoms with E-state index in [-0.39, 0.29) is 23.2 Å². The summed E-state index contributed by atoms with van der Waals surface area (Å²) in [5, 5.41) is 0. The van der Waals surface area contributed by atoms with Crippen molar-refractivity contribution in [2.75, 3.05) is 33.7 Å². The zero-order valence-electron chi connectivity index (χ0n) is 15.5. The molecule has 2 rings (SSSR count). The van der Waals surface area contributed by atoms with Crippen LogP contribution in [0.2, 0.25) is 0 Å². The van der Waals surface area contributed by atoms with Crippen molar-refractivity contribution in [2.45, 2.75) is 11.3 Å². The Hall–Kier alpha value is -1.93. The normalized spacial score (nSPS) is 11.1. The van der Waals surface area contributed by atoms with Crippen LogP contribution in [0.5, 0.6) is 0 Å². The van der Waals surface area contributed by atoms with Gasteiger partial charge in [-0.2, -0.15) is 0 Å². The van der Waals surface area contributed by atoms with Crippen LogP contribution in [0.1, 0.15) is 15.9 Å². The first-order chi connectivity index (χ1) is 12.4. The molecule has 0 saturated heterocycles. The lowest BCUT2D eigenvalue weighted by atomic mass is 10.1. The molecule has 2 aromatic rings. The summed E-state index contributed by atoms with van der Waals surface area (Å²) in [6, 6.07) is 16.0. The molecule has 0 bridgehead atoms. The van der Waals surface area contributed by atoms with E-state index in [1.165, 1.54) is 26.2 Å². The molecule has 6 nitrogen and oxygen atoms in total. The second kappa shape index (κ2) is 10.4. The summed E-state index contributed by atoms with van der Waals surface area (Å²) in [6.45, 7) is 1.28. The lowest BCUT2D eigenvalue weighted by Crippen LogP contribution is -2.37. The minimum absolute atomic E-state index is 0. The summed E-state index contributed by atoms with van der Waals surface area (Å²) in [4.78, 5) is 14.6. The second-order valence-electron chi connectivity index (χ2n) is 6.13. The Balaban J connectivity index is 0.00000364. The van der Waals surface area contributed by atoms with Crippen molar-refractivity contribution in [1.82, 2.24) is 9.21 Å². The highest BCUT2D eigenvalue weighted by molar-refractivity contribution is 7.89. The first-order valence-electron chi connectivity index (χ1n) is 8.42. The van der Waals surface area contributed by atoms with Crippen LogP contribution in [0, 0.1) is 0 Å². The molecule has 0 atom stereocenters. The minimum atomic E-state index is -3.59. The van der Waals surface area contributed by atoms with E-state index < -0.39 is 10.0 Å². The van der Waals surface area contributed by atoms with Gasteiger partial charge in [0.2, 0.25) is 10.0 Å². The van der Waals surface area contributed by atoms with Gasteiger partial charge >= 0.3 is 0 Å². The zero-order chi connectivity index (χ0) is 19.2. The van der Waals surface area contributed by atoms with Crippen molar-refractivity contribution in [2.24, 2.45) is 5.73 Å². The van der Waals surface area contributed by atoms with E-state index in [4.69, 9.17) is 5.73 Å². The Morgan fingerprint density at radius 1 is 1.00 bits per heavy atom. The second-order valence-corrected chi connectivity index (χ2v) is 8.28. The topological polar surface area (TPSA) is 83.7 Å². The van der Waals surface area contributed by atoms with Gasteiger partial charge in [-0.3, -0.25) is 4.79 Å². The summed E-state index contributed by atoms with van der Waals surface area (Å²) >= 11 is 0. The molecular formula is C19H26ClN3O3S. The van der Waals surface area contributed by atoms with Gasteiger partial charge in [0.1, 0.15) is 0 Å². The molecule has 0 saturated carbocycles. The number of hydrogen-bond donors (Lipinski definition) is 1. The Kier molecular flexibility index (Phi) is 8.92. The minimum Gasteiger partial charge on any atom is -0.337 e. The molecule has 148 valence electrons. The zero-order valence-corrected chi connectivity index (χ0v) is 17.2. The molecule has 0 aliphatic rings. The summed E-state index contributed by atoms with van der Waals surface area (Å²) in [6.07, 6.45) is 0.711. The molecule has 0 aliphatic heterocycles. The van der Waals surface area contributed by atoms with E-state index in [0.29, 0.717) is 31.6 Å². The van der Waals surface area contributed by atoms with Gasteiger partial charge in [-0.1, -0.05) is 36.4 Å². The van der Waals surface area contributed by atoms with Crippen LogP contribution in [0.15, 0.2) is 59.5 Å². The average Bonchev–Trinajstić information content (AvgIpc) is 2.65. The van der Waals surface area contributed by atoms with Gasteiger partial charge in [-0.05, 0) is 30.2 Å². The van der Waals surface area contributed by atoms with Crippen molar-refractivity contribution < 1.29 is 13.2 Å². The van der Waals surface area contributed by atoms with Gasteiger partial charge < -0.3 is 10.6 Å². The molecule has 0 aromatic heterocycles. The van der Waals surface area contributed by atoms with Crippen molar-refractivity contribution in [1.29, 1.82) is 0 Å². The number of nitrogens with two attached hydrogens (primary N) is 1. The lowest BCUT2D eigenvalue weighted by molar-refractivity contribution is 0.0762. The molecule has 0 radical (unpaired) electrons. The molecule has 2 aromatic carbocycles. The summed E-state index contributed by atoms with van der Waals surface area (Å²) in [5.74, 6) is -0.220. The highest BCUT2D eigenvalue weighted by atomic mass is 35.5. The van der Waals surface area contributed by atoms with Crippen molar-refractivity contribution >= 4 is 28.3 Å². The largest absolute Gasteiger partial charge is 0.337 e. The maximum absolute atomic E-state index is 12.9. The molecule has 27 heavy (non-hydrogen) atoms. The molecule has 1 amide bonds. The predicted octanol–water partition coefficient (Wildman–Crippen LogP) is 2.00. The fourth-order valence-corrected chi connectivity index (χ4v) is 3.51. The number of rotatable bonds is 8. The van der Waals surface area contributed by atoms with Crippen molar-refractivity contribution in [3.05, 3.63) is 65.7 Å². The third-order valence-corrected chi connectivity index (χ3v) is 5.87. The Morgan fingerprint density at radius 3 is 2.26 bits per heavy atom. The Bertz CT molecular complexity index is 842. The average molecular weight is 412 g/mol. The summed E-state index contributed by atoms with van der Waals surface area (Å²) < 4.78 is 25.7. The SMILES string of the molecule is CN(C)S(=O)(=O)c1cccc(C(=O)N(CCN)CCc2ccccc2)c1.Cl. The van der Waals surface area contributed by atoms with Crippen LogP contribution in [0.3, 0.4) is 0 Å². The van der Waals surface area contributed by atoms with Crippen LogP contribution in [0.4, 0.5) is 0 Å². The van der Waals surface area contributed by atoms with Gasteiger partial charge in [0, 0.05) is 39.3 Å². The maximum Gasteiger partial charge on any atom is 0.253 e. The fraction of sp³-hybridized carbons (Fsp3) is 0.316. The highest BCUT2D eigenvalue weighted by Gasteiger charge is 2.21.